The topological polar surface area (TPSA) is 41.5 Å². The minimum Gasteiger partial charge on any atom is -0.439 e. The molecule has 1 saturated carbocycles. The van der Waals surface area contributed by atoms with E-state index in [9.17, 15) is 0 Å². The van der Waals surface area contributed by atoms with E-state index in [0.29, 0.717) is 17.8 Å². The van der Waals surface area contributed by atoms with Crippen LogP contribution < -0.4 is 14.5 Å². The number of hydrogen-bond acceptors (Lipinski definition) is 5. The molecule has 242 valence electrons. The molecule has 2 aromatic heterocycles. The number of hydrogen-bond donors (Lipinski definition) is 0. The Hall–Kier alpha value is -4.64. The first kappa shape index (κ1) is 29.5. The smallest absolute Gasteiger partial charge is 0.221 e. The number of pyridine rings is 2. The molecule has 3 aliphatic carbocycles. The number of fused-ring (bicyclic) bond motifs is 2. The van der Waals surface area contributed by atoms with Crippen LogP contribution >= 0.6 is 0 Å². The third-order valence-electron chi connectivity index (χ3n) is 11.5. The third kappa shape index (κ3) is 5.53. The van der Waals surface area contributed by atoms with E-state index in [1.165, 1.54) is 65.6 Å². The van der Waals surface area contributed by atoms with Crippen molar-refractivity contribution in [2.24, 2.45) is 5.41 Å². The summed E-state index contributed by atoms with van der Waals surface area (Å²) < 4.78 is 6.69. The summed E-state index contributed by atoms with van der Waals surface area (Å²) in [4.78, 5) is 15.0. The summed E-state index contributed by atoms with van der Waals surface area (Å²) in [6.07, 6.45) is 12.9. The maximum Gasteiger partial charge on any atom is 0.221 e. The van der Waals surface area contributed by atoms with Gasteiger partial charge in [-0.15, -0.1) is 0 Å². The van der Waals surface area contributed by atoms with Crippen molar-refractivity contribution in [3.63, 3.8) is 0 Å². The van der Waals surface area contributed by atoms with E-state index < -0.39 is 0 Å². The molecule has 2 fully saturated rings. The molecule has 0 amide bonds. The second-order valence-electron chi connectivity index (χ2n) is 14.9. The summed E-state index contributed by atoms with van der Waals surface area (Å²) in [6.45, 7) is 4.10. The molecule has 3 aromatic carbocycles. The highest BCUT2D eigenvalue weighted by Gasteiger charge is 2.43. The summed E-state index contributed by atoms with van der Waals surface area (Å²) in [5, 5.41) is 0. The molecule has 4 aliphatic rings. The molecule has 0 N–H and O–H groups in total. The SMILES string of the molecule is CC1CN(c2ccccc2)CN1c1cc(C2CCCCC2)cc(Oc2cccc(-c3nccc4c3CC3(Cc5ccccc5C3)C4)c2)n1. The number of aromatic nitrogens is 2. The average molecular weight is 633 g/mol. The third-order valence-corrected chi connectivity index (χ3v) is 11.5. The molecule has 0 radical (unpaired) electrons. The van der Waals surface area contributed by atoms with Gasteiger partial charge >= 0.3 is 0 Å². The molecule has 9 rings (SSSR count). The van der Waals surface area contributed by atoms with Crippen molar-refractivity contribution in [2.45, 2.75) is 76.7 Å². The number of ether oxygens (including phenoxy) is 1. The molecule has 1 atom stereocenters. The summed E-state index contributed by atoms with van der Waals surface area (Å²) in [5.41, 5.74) is 11.0. The van der Waals surface area contributed by atoms with E-state index in [0.717, 1.165) is 61.7 Å². The second-order valence-corrected chi connectivity index (χ2v) is 14.9. The number of nitrogens with zero attached hydrogens (tertiary/aromatic N) is 4. The lowest BCUT2D eigenvalue weighted by Gasteiger charge is -2.26. The molecular formula is C43H44N4O. The molecule has 5 aromatic rings. The molecule has 5 heteroatoms. The van der Waals surface area contributed by atoms with Gasteiger partial charge < -0.3 is 14.5 Å². The Morgan fingerprint density at radius 2 is 1.52 bits per heavy atom. The predicted molar refractivity (Wildman–Crippen MR) is 194 cm³/mol. The van der Waals surface area contributed by atoms with E-state index in [1.54, 1.807) is 0 Å². The van der Waals surface area contributed by atoms with Crippen LogP contribution in [0, 0.1) is 5.41 Å². The van der Waals surface area contributed by atoms with Gasteiger partial charge in [-0.1, -0.05) is 73.9 Å². The monoisotopic (exact) mass is 632 g/mol. The Kier molecular flexibility index (Phi) is 7.44. The fourth-order valence-electron chi connectivity index (χ4n) is 9.14. The first-order chi connectivity index (χ1) is 23.6. The summed E-state index contributed by atoms with van der Waals surface area (Å²) in [5.74, 6) is 3.07. The first-order valence-electron chi connectivity index (χ1n) is 18.0. The van der Waals surface area contributed by atoms with Crippen LogP contribution in [0.3, 0.4) is 0 Å². The van der Waals surface area contributed by atoms with Crippen molar-refractivity contribution < 1.29 is 4.74 Å². The van der Waals surface area contributed by atoms with Crippen molar-refractivity contribution in [1.82, 2.24) is 9.97 Å². The highest BCUT2D eigenvalue weighted by atomic mass is 16.5. The highest BCUT2D eigenvalue weighted by molar-refractivity contribution is 5.68. The van der Waals surface area contributed by atoms with Gasteiger partial charge in [-0.3, -0.25) is 4.98 Å². The molecule has 1 unspecified atom stereocenters. The van der Waals surface area contributed by atoms with E-state index in [2.05, 4.69) is 114 Å². The van der Waals surface area contributed by atoms with Crippen LogP contribution in [0.2, 0.25) is 0 Å². The normalized spacial score (nSPS) is 19.9. The van der Waals surface area contributed by atoms with Gasteiger partial charge in [-0.25, -0.2) is 0 Å². The lowest BCUT2D eigenvalue weighted by Crippen LogP contribution is -2.29. The highest BCUT2D eigenvalue weighted by Crippen LogP contribution is 2.49. The van der Waals surface area contributed by atoms with Gasteiger partial charge in [0.05, 0.1) is 12.4 Å². The molecule has 3 heterocycles. The maximum atomic E-state index is 6.69. The summed E-state index contributed by atoms with van der Waals surface area (Å²) in [6, 6.07) is 35.4. The number of para-hydroxylation sites is 1. The van der Waals surface area contributed by atoms with Gasteiger partial charge in [0.15, 0.2) is 0 Å². The Morgan fingerprint density at radius 1 is 0.750 bits per heavy atom. The fourth-order valence-corrected chi connectivity index (χ4v) is 9.14. The Bertz CT molecular complexity index is 1920. The number of rotatable bonds is 6. The maximum absolute atomic E-state index is 6.69. The zero-order valence-corrected chi connectivity index (χ0v) is 27.9. The standard InChI is InChI=1S/C43H44N4O/c1-30-28-46(37-16-6-3-7-17-37)29-47(30)40-22-36(31-11-4-2-5-12-31)23-41(45-40)48-38-18-10-15-32(21-38)42-39-27-43(26-35(39)19-20-44-42)24-33-13-8-9-14-34(33)25-43/h3,6-10,13-23,30-31H,2,4-5,11-12,24-29H2,1H3. The Morgan fingerprint density at radius 3 is 2.33 bits per heavy atom. The van der Waals surface area contributed by atoms with Crippen molar-refractivity contribution in [1.29, 1.82) is 0 Å². The zero-order valence-electron chi connectivity index (χ0n) is 27.9. The predicted octanol–water partition coefficient (Wildman–Crippen LogP) is 9.54. The fraction of sp³-hybridized carbons (Fsp3) is 0.349. The molecule has 0 bridgehead atoms. The lowest BCUT2D eigenvalue weighted by atomic mass is 9.81. The zero-order chi connectivity index (χ0) is 32.1. The van der Waals surface area contributed by atoms with Crippen LogP contribution in [-0.2, 0) is 25.7 Å². The first-order valence-corrected chi connectivity index (χ1v) is 18.0. The van der Waals surface area contributed by atoms with Crippen molar-refractivity contribution in [3.05, 3.63) is 131 Å². The molecule has 5 nitrogen and oxygen atoms in total. The van der Waals surface area contributed by atoms with Crippen molar-refractivity contribution in [2.75, 3.05) is 23.0 Å². The minimum absolute atomic E-state index is 0.278. The van der Waals surface area contributed by atoms with Gasteiger partial charge in [0, 0.05) is 36.1 Å². The quantitative estimate of drug-likeness (QED) is 0.187. The van der Waals surface area contributed by atoms with Gasteiger partial charge in [0.1, 0.15) is 11.6 Å². The summed E-state index contributed by atoms with van der Waals surface area (Å²) in [7, 11) is 0. The molecule has 48 heavy (non-hydrogen) atoms. The van der Waals surface area contributed by atoms with Gasteiger partial charge in [-0.05, 0) is 121 Å². The molecular weight excluding hydrogens is 589 g/mol. The Labute approximate surface area is 284 Å². The van der Waals surface area contributed by atoms with Crippen LogP contribution in [0.4, 0.5) is 11.5 Å². The van der Waals surface area contributed by atoms with E-state index >= 15 is 0 Å². The lowest BCUT2D eigenvalue weighted by molar-refractivity contribution is 0.326. The van der Waals surface area contributed by atoms with Crippen LogP contribution in [0.15, 0.2) is 103 Å². The molecule has 1 aliphatic heterocycles. The second kappa shape index (κ2) is 12.1. The number of anilines is 2. The largest absolute Gasteiger partial charge is 0.439 e. The van der Waals surface area contributed by atoms with Gasteiger partial charge in [-0.2, -0.15) is 4.98 Å². The van der Waals surface area contributed by atoms with Crippen LogP contribution in [0.1, 0.15) is 72.8 Å². The van der Waals surface area contributed by atoms with E-state index in [4.69, 9.17) is 14.7 Å². The van der Waals surface area contributed by atoms with E-state index in [-0.39, 0.29) is 5.41 Å². The van der Waals surface area contributed by atoms with Gasteiger partial charge in [0.2, 0.25) is 5.88 Å². The van der Waals surface area contributed by atoms with Crippen LogP contribution in [0.5, 0.6) is 11.6 Å². The number of benzene rings is 3. The van der Waals surface area contributed by atoms with E-state index in [1.807, 2.05) is 6.20 Å². The Balaban J connectivity index is 1.01. The average Bonchev–Trinajstić information content (AvgIpc) is 3.81. The van der Waals surface area contributed by atoms with Crippen molar-refractivity contribution >= 4 is 11.5 Å². The summed E-state index contributed by atoms with van der Waals surface area (Å²) >= 11 is 0. The van der Waals surface area contributed by atoms with Gasteiger partial charge in [0.25, 0.3) is 0 Å². The molecule has 1 saturated heterocycles. The van der Waals surface area contributed by atoms with Crippen LogP contribution in [0.25, 0.3) is 11.3 Å². The minimum atomic E-state index is 0.278. The molecule has 1 spiro atoms. The van der Waals surface area contributed by atoms with Crippen molar-refractivity contribution in [3.8, 4) is 22.9 Å². The van der Waals surface area contributed by atoms with Crippen LogP contribution in [-0.4, -0.2) is 29.2 Å².